The molecule has 0 radical (unpaired) electrons. The summed E-state index contributed by atoms with van der Waals surface area (Å²) in [5, 5.41) is 2.67. The normalized spacial score (nSPS) is 11.1. The largest absolute Gasteiger partial charge is 0.416 e. The van der Waals surface area contributed by atoms with Crippen molar-refractivity contribution in [3.63, 3.8) is 0 Å². The first-order valence-electron chi connectivity index (χ1n) is 7.75. The number of nitrogens with zero attached hydrogens (tertiary/aromatic N) is 1. The van der Waals surface area contributed by atoms with Crippen molar-refractivity contribution in [2.24, 2.45) is 0 Å². The third kappa shape index (κ3) is 4.41. The van der Waals surface area contributed by atoms with Crippen molar-refractivity contribution in [1.29, 1.82) is 0 Å². The molecule has 6 heteroatoms. The lowest BCUT2D eigenvalue weighted by Gasteiger charge is -2.26. The second kappa shape index (κ2) is 7.42. The Bertz CT molecular complexity index is 784. The van der Waals surface area contributed by atoms with E-state index in [1.165, 1.54) is 12.1 Å². The maximum absolute atomic E-state index is 12.9. The lowest BCUT2D eigenvalue weighted by molar-refractivity contribution is -0.137. The quantitative estimate of drug-likeness (QED) is 0.744. The van der Waals surface area contributed by atoms with E-state index < -0.39 is 11.7 Å². The SMILES string of the molecule is C=CC(=O)Nc1cccc(N(CC)c2ccc(C(F)(F)F)cc2C)c1. The fourth-order valence-corrected chi connectivity index (χ4v) is 2.57. The van der Waals surface area contributed by atoms with E-state index in [-0.39, 0.29) is 5.91 Å². The number of rotatable bonds is 5. The van der Waals surface area contributed by atoms with E-state index in [9.17, 15) is 18.0 Å². The van der Waals surface area contributed by atoms with E-state index in [0.717, 1.165) is 17.8 Å². The van der Waals surface area contributed by atoms with Crippen LogP contribution in [0.4, 0.5) is 30.2 Å². The molecular formula is C19H19F3N2O. The van der Waals surface area contributed by atoms with Crippen molar-refractivity contribution >= 4 is 23.0 Å². The van der Waals surface area contributed by atoms with Crippen LogP contribution in [0.3, 0.4) is 0 Å². The molecule has 0 aliphatic heterocycles. The zero-order chi connectivity index (χ0) is 18.6. The topological polar surface area (TPSA) is 32.3 Å². The van der Waals surface area contributed by atoms with Crippen LogP contribution >= 0.6 is 0 Å². The summed E-state index contributed by atoms with van der Waals surface area (Å²) < 4.78 is 38.6. The lowest BCUT2D eigenvalue weighted by Crippen LogP contribution is -2.18. The molecule has 132 valence electrons. The number of alkyl halides is 3. The second-order valence-corrected chi connectivity index (χ2v) is 5.49. The molecule has 0 spiro atoms. The Morgan fingerprint density at radius 2 is 1.96 bits per heavy atom. The van der Waals surface area contributed by atoms with Crippen LogP contribution in [0.5, 0.6) is 0 Å². The van der Waals surface area contributed by atoms with E-state index in [0.29, 0.717) is 23.5 Å². The second-order valence-electron chi connectivity index (χ2n) is 5.49. The minimum absolute atomic E-state index is 0.328. The third-order valence-corrected chi connectivity index (χ3v) is 3.74. The van der Waals surface area contributed by atoms with Gasteiger partial charge in [-0.05, 0) is 61.9 Å². The predicted octanol–water partition coefficient (Wildman–Crippen LogP) is 5.30. The van der Waals surface area contributed by atoms with Crippen LogP contribution in [0.1, 0.15) is 18.1 Å². The van der Waals surface area contributed by atoms with Crippen LogP contribution in [0.2, 0.25) is 0 Å². The highest BCUT2D eigenvalue weighted by molar-refractivity contribution is 5.99. The van der Waals surface area contributed by atoms with Gasteiger partial charge in [-0.1, -0.05) is 12.6 Å². The Balaban J connectivity index is 2.38. The van der Waals surface area contributed by atoms with E-state index in [2.05, 4.69) is 11.9 Å². The van der Waals surface area contributed by atoms with Crippen molar-refractivity contribution in [3.05, 3.63) is 66.2 Å². The first-order chi connectivity index (χ1) is 11.8. The third-order valence-electron chi connectivity index (χ3n) is 3.74. The number of hydrogen-bond donors (Lipinski definition) is 1. The average molecular weight is 348 g/mol. The molecule has 25 heavy (non-hydrogen) atoms. The number of carbonyl (C=O) groups is 1. The van der Waals surface area contributed by atoms with Gasteiger partial charge < -0.3 is 10.2 Å². The highest BCUT2D eigenvalue weighted by Crippen LogP contribution is 2.35. The van der Waals surface area contributed by atoms with Gasteiger partial charge >= 0.3 is 6.18 Å². The summed E-state index contributed by atoms with van der Waals surface area (Å²) in [5.41, 5.74) is 1.90. The lowest BCUT2D eigenvalue weighted by atomic mass is 10.1. The van der Waals surface area contributed by atoms with Crippen molar-refractivity contribution in [3.8, 4) is 0 Å². The minimum Gasteiger partial charge on any atom is -0.341 e. The fourth-order valence-electron chi connectivity index (χ4n) is 2.57. The van der Waals surface area contributed by atoms with Gasteiger partial charge in [-0.3, -0.25) is 4.79 Å². The van der Waals surface area contributed by atoms with Crippen LogP contribution in [0.25, 0.3) is 0 Å². The number of aryl methyl sites for hydroxylation is 1. The molecule has 1 amide bonds. The molecule has 0 saturated heterocycles. The number of hydrogen-bond acceptors (Lipinski definition) is 2. The van der Waals surface area contributed by atoms with Crippen LogP contribution in [-0.2, 0) is 11.0 Å². The average Bonchev–Trinajstić information content (AvgIpc) is 2.56. The van der Waals surface area contributed by atoms with Crippen LogP contribution in [0.15, 0.2) is 55.1 Å². The van der Waals surface area contributed by atoms with Gasteiger partial charge in [0.1, 0.15) is 0 Å². The Hall–Kier alpha value is -2.76. The Morgan fingerprint density at radius 1 is 1.24 bits per heavy atom. The molecule has 0 aliphatic carbocycles. The molecule has 2 aromatic rings. The standard InChI is InChI=1S/C19H19F3N2O/c1-4-18(25)23-15-7-6-8-16(12-15)24(5-2)17-10-9-14(11-13(17)3)19(20,21)22/h4,6-12H,1,5H2,2-3H3,(H,23,25). The maximum Gasteiger partial charge on any atom is 0.416 e. The molecule has 0 atom stereocenters. The van der Waals surface area contributed by atoms with Gasteiger partial charge in [0, 0.05) is 23.6 Å². The van der Waals surface area contributed by atoms with E-state index in [4.69, 9.17) is 0 Å². The molecule has 0 unspecified atom stereocenters. The first-order valence-corrected chi connectivity index (χ1v) is 7.75. The number of anilines is 3. The van der Waals surface area contributed by atoms with E-state index >= 15 is 0 Å². The molecule has 0 saturated carbocycles. The maximum atomic E-state index is 12.9. The van der Waals surface area contributed by atoms with Gasteiger partial charge in [-0.2, -0.15) is 13.2 Å². The van der Waals surface area contributed by atoms with Crippen LogP contribution in [-0.4, -0.2) is 12.5 Å². The first kappa shape index (κ1) is 18.6. The highest BCUT2D eigenvalue weighted by atomic mass is 19.4. The van der Waals surface area contributed by atoms with Crippen molar-refractivity contribution in [2.45, 2.75) is 20.0 Å². The van der Waals surface area contributed by atoms with Gasteiger partial charge in [0.15, 0.2) is 0 Å². The molecule has 0 heterocycles. The molecule has 2 aromatic carbocycles. The molecule has 0 aliphatic rings. The summed E-state index contributed by atoms with van der Waals surface area (Å²) in [4.78, 5) is 13.3. The van der Waals surface area contributed by atoms with Gasteiger partial charge in [-0.15, -0.1) is 0 Å². The molecule has 0 aromatic heterocycles. The molecule has 0 bridgehead atoms. The molecule has 2 rings (SSSR count). The summed E-state index contributed by atoms with van der Waals surface area (Å²) in [7, 11) is 0. The molecule has 3 nitrogen and oxygen atoms in total. The number of nitrogens with one attached hydrogen (secondary N) is 1. The summed E-state index contributed by atoms with van der Waals surface area (Å²) in [6, 6.07) is 10.8. The fraction of sp³-hybridized carbons (Fsp3) is 0.211. The Morgan fingerprint density at radius 3 is 2.52 bits per heavy atom. The molecule has 1 N–H and O–H groups in total. The minimum atomic E-state index is -4.37. The van der Waals surface area contributed by atoms with Gasteiger partial charge in [0.05, 0.1) is 5.56 Å². The van der Waals surface area contributed by atoms with Crippen molar-refractivity contribution in [2.75, 3.05) is 16.8 Å². The zero-order valence-electron chi connectivity index (χ0n) is 14.0. The summed E-state index contributed by atoms with van der Waals surface area (Å²) in [5.74, 6) is -0.328. The molecular weight excluding hydrogens is 329 g/mol. The van der Waals surface area contributed by atoms with Crippen molar-refractivity contribution < 1.29 is 18.0 Å². The summed E-state index contributed by atoms with van der Waals surface area (Å²) >= 11 is 0. The molecule has 0 fully saturated rings. The summed E-state index contributed by atoms with van der Waals surface area (Å²) in [6.45, 7) is 7.52. The Kier molecular flexibility index (Phi) is 5.51. The summed E-state index contributed by atoms with van der Waals surface area (Å²) in [6.07, 6.45) is -3.19. The predicted molar refractivity (Wildman–Crippen MR) is 94.1 cm³/mol. The van der Waals surface area contributed by atoms with Gasteiger partial charge in [-0.25, -0.2) is 0 Å². The number of benzene rings is 2. The van der Waals surface area contributed by atoms with Gasteiger partial charge in [0.2, 0.25) is 5.91 Å². The van der Waals surface area contributed by atoms with Gasteiger partial charge in [0.25, 0.3) is 0 Å². The Labute approximate surface area is 144 Å². The number of halogens is 3. The smallest absolute Gasteiger partial charge is 0.341 e. The van der Waals surface area contributed by atoms with E-state index in [1.54, 1.807) is 25.1 Å². The number of amides is 1. The van der Waals surface area contributed by atoms with Crippen LogP contribution < -0.4 is 10.2 Å². The van der Waals surface area contributed by atoms with Crippen molar-refractivity contribution in [1.82, 2.24) is 0 Å². The van der Waals surface area contributed by atoms with E-state index in [1.807, 2.05) is 17.9 Å². The zero-order valence-corrected chi connectivity index (χ0v) is 14.0. The van der Waals surface area contributed by atoms with Crippen LogP contribution in [0, 0.1) is 6.92 Å². The number of carbonyl (C=O) groups excluding carboxylic acids is 1. The monoisotopic (exact) mass is 348 g/mol. The highest BCUT2D eigenvalue weighted by Gasteiger charge is 2.31.